The van der Waals surface area contributed by atoms with Crippen LogP contribution in [0.1, 0.15) is 24.1 Å². The summed E-state index contributed by atoms with van der Waals surface area (Å²) in [7, 11) is 8.51. The number of morpholine rings is 1. The van der Waals surface area contributed by atoms with E-state index in [1.165, 1.54) is 31.5 Å². The average Bonchev–Trinajstić information content (AvgIpc) is 3.60. The smallest absolute Gasteiger partial charge is 0.390 e. The summed E-state index contributed by atoms with van der Waals surface area (Å²) in [5.41, 5.74) is 2.34. The van der Waals surface area contributed by atoms with Crippen molar-refractivity contribution in [1.82, 2.24) is 29.4 Å². The monoisotopic (exact) mass is 865 g/mol. The van der Waals surface area contributed by atoms with E-state index in [0.717, 1.165) is 18.8 Å². The molecule has 0 bridgehead atoms. The number of methoxy groups -OCH3 is 2. The zero-order valence-corrected chi connectivity index (χ0v) is 35.5. The molecule has 6 heterocycles. The lowest BCUT2D eigenvalue weighted by molar-refractivity contribution is -0.898. The van der Waals surface area contributed by atoms with Crippen molar-refractivity contribution in [2.24, 2.45) is 7.05 Å². The Morgan fingerprint density at radius 1 is 1.05 bits per heavy atom. The van der Waals surface area contributed by atoms with Gasteiger partial charge < -0.3 is 48.5 Å². The van der Waals surface area contributed by atoms with Crippen LogP contribution in [0, 0.1) is 10.1 Å². The molecule has 3 amide bonds. The fraction of sp³-hybridized carbons (Fsp3) is 0.436. The van der Waals surface area contributed by atoms with E-state index >= 15 is 0 Å². The number of nitrogens with zero attached hydrogens (tertiary/aromatic N) is 11. The summed E-state index contributed by atoms with van der Waals surface area (Å²) in [6.45, 7) is 4.48. The number of fused-ring (bicyclic) bond motifs is 1. The van der Waals surface area contributed by atoms with E-state index in [1.54, 1.807) is 46.0 Å². The Morgan fingerprint density at radius 2 is 1.75 bits per heavy atom. The number of likely N-dealkylation sites (N-methyl/N-ethyl adjacent to an activating group) is 1. The summed E-state index contributed by atoms with van der Waals surface area (Å²) in [6, 6.07) is 4.61. The predicted octanol–water partition coefficient (Wildman–Crippen LogP) is 5.19. The van der Waals surface area contributed by atoms with Gasteiger partial charge in [-0.1, -0.05) is 23.2 Å². The molecule has 0 aliphatic carbocycles. The number of likely N-dealkylation sites (tertiary alicyclic amines) is 1. The molecule has 4 aromatic rings. The Morgan fingerprint density at radius 3 is 2.38 bits per heavy atom. The van der Waals surface area contributed by atoms with E-state index in [1.807, 2.05) is 26.2 Å². The topological polar surface area (TPSA) is 186 Å². The Balaban J connectivity index is 1.10. The molecule has 318 valence electrons. The van der Waals surface area contributed by atoms with Gasteiger partial charge in [0.1, 0.15) is 39.7 Å². The molecule has 7 rings (SSSR count). The van der Waals surface area contributed by atoms with Crippen molar-refractivity contribution >= 4 is 69.9 Å². The van der Waals surface area contributed by atoms with Crippen LogP contribution >= 0.6 is 23.2 Å². The van der Waals surface area contributed by atoms with Crippen LogP contribution in [0.25, 0.3) is 0 Å². The summed E-state index contributed by atoms with van der Waals surface area (Å²) in [4.78, 5) is 64.3. The first-order valence-electron chi connectivity index (χ1n) is 19.3. The quantitative estimate of drug-likeness (QED) is 0.0802. The zero-order chi connectivity index (χ0) is 42.7. The third-order valence-corrected chi connectivity index (χ3v) is 11.5. The maximum Gasteiger partial charge on any atom is 0.390 e. The van der Waals surface area contributed by atoms with Gasteiger partial charge in [0.15, 0.2) is 5.69 Å². The number of carbonyl (C=O) groups excluding carboxylic acids is 2. The molecule has 2 saturated heterocycles. The first-order chi connectivity index (χ1) is 28.8. The molecular formula is C39H47Cl2N12O7+. The Bertz CT molecular complexity index is 2250. The summed E-state index contributed by atoms with van der Waals surface area (Å²) in [5.74, 6) is 1.41. The number of benzene rings is 1. The van der Waals surface area contributed by atoms with Gasteiger partial charge in [-0.2, -0.15) is 4.98 Å². The molecule has 3 aliphatic rings. The Hall–Kier alpha value is -5.76. The Kier molecular flexibility index (Phi) is 12.6. The van der Waals surface area contributed by atoms with Crippen molar-refractivity contribution in [3.8, 4) is 11.5 Å². The SMILES string of the molecule is COc1cc(OC)c(Cl)c(N2Cc3cnc(Nc4ccc(N5CCOCC5)cn4)nc3N(C3CCN(C(=O)/C=C/C[N+](C)(C)Cc4c([N+](=O)[O-])ncn4C)CC3)C2=O)c1Cl. The van der Waals surface area contributed by atoms with Gasteiger partial charge in [-0.05, 0) is 41.0 Å². The Labute approximate surface area is 356 Å². The molecule has 2 fully saturated rings. The number of rotatable bonds is 13. The molecule has 19 nitrogen and oxygen atoms in total. The average molecular weight is 867 g/mol. The van der Waals surface area contributed by atoms with Gasteiger partial charge in [0.05, 0.1) is 72.2 Å². The molecule has 0 unspecified atom stereocenters. The number of hydrogen-bond donors (Lipinski definition) is 1. The van der Waals surface area contributed by atoms with Crippen LogP contribution in [-0.2, 0) is 29.7 Å². The van der Waals surface area contributed by atoms with Crippen molar-refractivity contribution in [2.45, 2.75) is 32.0 Å². The minimum absolute atomic E-state index is 0.0537. The highest BCUT2D eigenvalue weighted by Gasteiger charge is 2.41. The fourth-order valence-corrected chi connectivity index (χ4v) is 8.27. The van der Waals surface area contributed by atoms with Crippen molar-refractivity contribution in [2.75, 3.05) is 94.3 Å². The number of nitrogens with one attached hydrogen (secondary N) is 1. The number of piperidine rings is 1. The first-order valence-corrected chi connectivity index (χ1v) is 20.1. The number of imidazole rings is 1. The molecule has 21 heteroatoms. The third-order valence-electron chi connectivity index (χ3n) is 10.8. The molecule has 0 atom stereocenters. The van der Waals surface area contributed by atoms with Crippen molar-refractivity contribution < 1.29 is 33.2 Å². The number of carbonyl (C=O) groups is 2. The van der Waals surface area contributed by atoms with Gasteiger partial charge in [0.2, 0.25) is 18.2 Å². The number of quaternary nitrogens is 1. The highest BCUT2D eigenvalue weighted by atomic mass is 35.5. The molecule has 0 saturated carbocycles. The van der Waals surface area contributed by atoms with E-state index in [4.69, 9.17) is 42.4 Å². The molecule has 0 radical (unpaired) electrons. The number of anilines is 5. The number of urea groups is 1. The van der Waals surface area contributed by atoms with Gasteiger partial charge in [-0.15, -0.1) is 0 Å². The van der Waals surface area contributed by atoms with E-state index < -0.39 is 11.0 Å². The lowest BCUT2D eigenvalue weighted by Crippen LogP contribution is -2.55. The number of pyridine rings is 1. The van der Waals surface area contributed by atoms with Crippen molar-refractivity contribution in [3.05, 3.63) is 80.5 Å². The molecule has 0 spiro atoms. The number of hydrogen-bond acceptors (Lipinski definition) is 13. The lowest BCUT2D eigenvalue weighted by atomic mass is 10.0. The molecular weight excluding hydrogens is 819 g/mol. The van der Waals surface area contributed by atoms with Crippen LogP contribution in [0.2, 0.25) is 10.0 Å². The van der Waals surface area contributed by atoms with Crippen LogP contribution in [0.5, 0.6) is 11.5 Å². The first kappa shape index (κ1) is 42.4. The summed E-state index contributed by atoms with van der Waals surface area (Å²) >= 11 is 13.7. The number of halogens is 2. The highest BCUT2D eigenvalue weighted by molar-refractivity contribution is 6.42. The van der Waals surface area contributed by atoms with Gasteiger partial charge in [0, 0.05) is 63.2 Å². The van der Waals surface area contributed by atoms with Crippen LogP contribution < -0.4 is 29.5 Å². The standard InChI is InChI=1S/C39H47Cl2N12O7/c1-47-24-44-37(52(56)57)28(47)23-53(2,3)16-6-7-32(54)49-12-10-26(11-13-49)51-36-25(22-50(39(51)55)35-33(40)29(58-4)19-30(59-5)34(35)41)20-43-38(46-36)45-31-9-8-27(21-42-31)48-14-17-60-18-15-48/h6-9,19-21,24,26H,10-18,22-23H2,1-5H3,(H,42,43,45,46)/q+1/b7-6+. The second-order valence-corrected chi connectivity index (χ2v) is 16.0. The summed E-state index contributed by atoms with van der Waals surface area (Å²) in [6.07, 6.45) is 9.09. The predicted molar refractivity (Wildman–Crippen MR) is 225 cm³/mol. The number of ether oxygens (including phenoxy) is 3. The maximum atomic E-state index is 14.8. The van der Waals surface area contributed by atoms with E-state index in [2.05, 4.69) is 25.2 Å². The molecule has 3 aromatic heterocycles. The van der Waals surface area contributed by atoms with Crippen LogP contribution in [0.3, 0.4) is 0 Å². The van der Waals surface area contributed by atoms with Gasteiger partial charge >= 0.3 is 11.8 Å². The molecule has 1 aromatic carbocycles. The number of aryl methyl sites for hydroxylation is 1. The highest BCUT2D eigenvalue weighted by Crippen LogP contribution is 2.48. The van der Waals surface area contributed by atoms with Gasteiger partial charge in [0.25, 0.3) is 0 Å². The van der Waals surface area contributed by atoms with E-state index in [-0.39, 0.29) is 57.5 Å². The van der Waals surface area contributed by atoms with Crippen LogP contribution in [0.15, 0.2) is 49.1 Å². The lowest BCUT2D eigenvalue weighted by Gasteiger charge is -2.43. The molecule has 1 N–H and O–H groups in total. The number of amides is 3. The third kappa shape index (κ3) is 8.89. The molecule has 3 aliphatic heterocycles. The van der Waals surface area contributed by atoms with E-state index in [9.17, 15) is 19.7 Å². The largest absolute Gasteiger partial charge is 0.495 e. The minimum atomic E-state index is -0.487. The van der Waals surface area contributed by atoms with Crippen LogP contribution in [0.4, 0.5) is 39.6 Å². The number of nitro groups is 1. The van der Waals surface area contributed by atoms with Crippen molar-refractivity contribution in [3.63, 3.8) is 0 Å². The fourth-order valence-electron chi connectivity index (χ4n) is 7.57. The molecule has 60 heavy (non-hydrogen) atoms. The summed E-state index contributed by atoms with van der Waals surface area (Å²) < 4.78 is 18.5. The summed E-state index contributed by atoms with van der Waals surface area (Å²) in [5, 5.41) is 15.0. The van der Waals surface area contributed by atoms with E-state index in [0.29, 0.717) is 79.6 Å². The second kappa shape index (κ2) is 17.8. The van der Waals surface area contributed by atoms with Gasteiger partial charge in [-0.25, -0.2) is 14.8 Å². The van der Waals surface area contributed by atoms with Crippen LogP contribution in [-0.4, -0.2) is 131 Å². The second-order valence-electron chi connectivity index (χ2n) is 15.3. The van der Waals surface area contributed by atoms with Gasteiger partial charge in [-0.3, -0.25) is 14.6 Å². The van der Waals surface area contributed by atoms with Crippen molar-refractivity contribution in [1.29, 1.82) is 0 Å². The normalized spacial score (nSPS) is 16.4. The maximum absolute atomic E-state index is 14.8. The zero-order valence-electron chi connectivity index (χ0n) is 34.0. The number of aromatic nitrogens is 5. The minimum Gasteiger partial charge on any atom is -0.495 e.